The van der Waals surface area contributed by atoms with Crippen molar-refractivity contribution in [3.63, 3.8) is 0 Å². The van der Waals surface area contributed by atoms with Crippen molar-refractivity contribution >= 4 is 15.9 Å². The zero-order chi connectivity index (χ0) is 16.5. The molecule has 3 rings (SSSR count). The molecule has 1 unspecified atom stereocenters. The van der Waals surface area contributed by atoms with Gasteiger partial charge in [-0.1, -0.05) is 31.2 Å². The van der Waals surface area contributed by atoms with Crippen molar-refractivity contribution in [2.24, 2.45) is 5.92 Å². The van der Waals surface area contributed by atoms with Crippen LogP contribution in [-0.2, 0) is 21.7 Å². The third-order valence-electron chi connectivity index (χ3n) is 5.01. The number of nitrogens with one attached hydrogen (secondary N) is 2. The third-order valence-corrected chi connectivity index (χ3v) is 6.97. The molecule has 1 atom stereocenters. The molecule has 0 saturated carbocycles. The van der Waals surface area contributed by atoms with E-state index < -0.39 is 9.84 Å². The van der Waals surface area contributed by atoms with Gasteiger partial charge in [0.25, 0.3) is 0 Å². The van der Waals surface area contributed by atoms with Gasteiger partial charge in [-0.05, 0) is 30.4 Å². The zero-order valence-corrected chi connectivity index (χ0v) is 14.3. The van der Waals surface area contributed by atoms with Crippen molar-refractivity contribution in [1.29, 1.82) is 0 Å². The average molecular weight is 336 g/mol. The van der Waals surface area contributed by atoms with Crippen LogP contribution < -0.4 is 10.6 Å². The number of carbonyl (C=O) groups excluding carboxylic acids is 1. The van der Waals surface area contributed by atoms with Crippen LogP contribution in [-0.4, -0.2) is 39.0 Å². The number of hydrogen-bond acceptors (Lipinski definition) is 3. The van der Waals surface area contributed by atoms with Crippen LogP contribution in [0, 0.1) is 5.92 Å². The topological polar surface area (TPSA) is 75.3 Å². The van der Waals surface area contributed by atoms with Crippen molar-refractivity contribution in [3.8, 4) is 0 Å². The van der Waals surface area contributed by atoms with Crippen LogP contribution in [0.1, 0.15) is 30.9 Å². The molecule has 2 amide bonds. The molecular formula is C17H24N2O3S. The van der Waals surface area contributed by atoms with Gasteiger partial charge in [-0.2, -0.15) is 0 Å². The molecular weight excluding hydrogens is 312 g/mol. The Morgan fingerprint density at radius 2 is 2.00 bits per heavy atom. The normalized spacial score (nSPS) is 26.0. The second-order valence-corrected chi connectivity index (χ2v) is 9.23. The van der Waals surface area contributed by atoms with E-state index in [2.05, 4.69) is 41.8 Å². The van der Waals surface area contributed by atoms with Crippen LogP contribution in [0.2, 0.25) is 0 Å². The minimum atomic E-state index is -2.82. The van der Waals surface area contributed by atoms with Gasteiger partial charge in [0.1, 0.15) is 0 Å². The molecule has 1 aromatic carbocycles. The number of sulfone groups is 1. The van der Waals surface area contributed by atoms with E-state index >= 15 is 0 Å². The molecule has 2 N–H and O–H groups in total. The fraction of sp³-hybridized carbons (Fsp3) is 0.588. The summed E-state index contributed by atoms with van der Waals surface area (Å²) in [6.07, 6.45) is 3.30. The summed E-state index contributed by atoms with van der Waals surface area (Å²) in [6.45, 7) is 3.22. The minimum Gasteiger partial charge on any atom is -0.338 e. The molecule has 6 heteroatoms. The summed E-state index contributed by atoms with van der Waals surface area (Å²) in [5.74, 6) is 0.452. The minimum absolute atomic E-state index is 0.0357. The van der Waals surface area contributed by atoms with Gasteiger partial charge in [-0.15, -0.1) is 0 Å². The summed E-state index contributed by atoms with van der Waals surface area (Å²) in [4.78, 5) is 12.0. The highest BCUT2D eigenvalue weighted by atomic mass is 32.2. The predicted octanol–water partition coefficient (Wildman–Crippen LogP) is 1.62. The molecule has 5 nitrogen and oxygen atoms in total. The van der Waals surface area contributed by atoms with Gasteiger partial charge >= 0.3 is 6.03 Å². The van der Waals surface area contributed by atoms with E-state index in [-0.39, 0.29) is 28.9 Å². The molecule has 1 saturated heterocycles. The smallest absolute Gasteiger partial charge is 0.314 e. The van der Waals surface area contributed by atoms with E-state index in [0.29, 0.717) is 13.1 Å². The largest absolute Gasteiger partial charge is 0.338 e. The van der Waals surface area contributed by atoms with Crippen LogP contribution in [0.4, 0.5) is 4.79 Å². The van der Waals surface area contributed by atoms with Crippen LogP contribution in [0.25, 0.3) is 0 Å². The van der Waals surface area contributed by atoms with E-state index in [0.717, 1.165) is 19.3 Å². The second-order valence-electron chi connectivity index (χ2n) is 7.08. The summed E-state index contributed by atoms with van der Waals surface area (Å²) < 4.78 is 22.2. The number of amides is 2. The Bertz CT molecular complexity index is 690. The number of urea groups is 1. The molecule has 0 bridgehead atoms. The number of rotatable bonds is 4. The van der Waals surface area contributed by atoms with Crippen LogP contribution in [0.5, 0.6) is 0 Å². The quantitative estimate of drug-likeness (QED) is 0.877. The maximum atomic E-state index is 12.0. The Morgan fingerprint density at radius 1 is 1.26 bits per heavy atom. The maximum Gasteiger partial charge on any atom is 0.314 e. The summed E-state index contributed by atoms with van der Waals surface area (Å²) >= 11 is 0. The molecule has 1 aliphatic carbocycles. The van der Waals surface area contributed by atoms with Gasteiger partial charge < -0.3 is 10.6 Å². The van der Waals surface area contributed by atoms with Crippen LogP contribution in [0.15, 0.2) is 24.3 Å². The highest BCUT2D eigenvalue weighted by Crippen LogP contribution is 2.36. The molecule has 0 aromatic heterocycles. The highest BCUT2D eigenvalue weighted by molar-refractivity contribution is 7.92. The van der Waals surface area contributed by atoms with Gasteiger partial charge in [-0.3, -0.25) is 0 Å². The first-order valence-corrected chi connectivity index (χ1v) is 10.0. The van der Waals surface area contributed by atoms with Gasteiger partial charge in [-0.25, -0.2) is 13.2 Å². The Labute approximate surface area is 137 Å². The molecule has 126 valence electrons. The first-order valence-electron chi connectivity index (χ1n) is 8.18. The Kier molecular flexibility index (Phi) is 4.36. The standard InChI is InChI=1S/C17H24N2O3S/c1-17(8-4-6-14-5-2-3-7-15(14)17)12-19-16(20)18-9-13-10-23(21,22)11-13/h2-3,5,7,13H,4,6,8-12H2,1H3,(H2,18,19,20). The summed E-state index contributed by atoms with van der Waals surface area (Å²) in [5, 5.41) is 5.75. The zero-order valence-electron chi connectivity index (χ0n) is 13.5. The lowest BCUT2D eigenvalue weighted by Gasteiger charge is -2.36. The number of hydrogen-bond donors (Lipinski definition) is 2. The van der Waals surface area contributed by atoms with Crippen molar-refractivity contribution in [1.82, 2.24) is 10.6 Å². The molecule has 1 heterocycles. The van der Waals surface area contributed by atoms with Gasteiger partial charge in [0.2, 0.25) is 0 Å². The van der Waals surface area contributed by atoms with Gasteiger partial charge in [0.05, 0.1) is 11.5 Å². The summed E-state index contributed by atoms with van der Waals surface area (Å²) in [7, 11) is -2.82. The second kappa shape index (κ2) is 6.15. The van der Waals surface area contributed by atoms with Crippen molar-refractivity contribution in [2.45, 2.75) is 31.6 Å². The third kappa shape index (κ3) is 3.68. The lowest BCUT2D eigenvalue weighted by atomic mass is 9.71. The van der Waals surface area contributed by atoms with E-state index in [9.17, 15) is 13.2 Å². The average Bonchev–Trinajstić information content (AvgIpc) is 2.49. The monoisotopic (exact) mass is 336 g/mol. The lowest BCUT2D eigenvalue weighted by Crippen LogP contribution is -2.49. The number of fused-ring (bicyclic) bond motifs is 1. The maximum absolute atomic E-state index is 12.0. The molecule has 0 spiro atoms. The number of carbonyl (C=O) groups is 1. The molecule has 1 fully saturated rings. The lowest BCUT2D eigenvalue weighted by molar-refractivity contribution is 0.235. The fourth-order valence-electron chi connectivity index (χ4n) is 3.68. The summed E-state index contributed by atoms with van der Waals surface area (Å²) in [5.41, 5.74) is 2.67. The first-order chi connectivity index (χ1) is 10.9. The molecule has 1 aromatic rings. The first kappa shape index (κ1) is 16.3. The van der Waals surface area contributed by atoms with E-state index in [1.54, 1.807) is 0 Å². The Hall–Kier alpha value is -1.56. The van der Waals surface area contributed by atoms with Crippen molar-refractivity contribution in [2.75, 3.05) is 24.6 Å². The fourth-order valence-corrected chi connectivity index (χ4v) is 5.25. The summed E-state index contributed by atoms with van der Waals surface area (Å²) in [6, 6.07) is 8.24. The molecule has 1 aliphatic heterocycles. The van der Waals surface area contributed by atoms with E-state index in [1.165, 1.54) is 11.1 Å². The molecule has 2 aliphatic rings. The predicted molar refractivity (Wildman–Crippen MR) is 90.3 cm³/mol. The number of aryl methyl sites for hydroxylation is 1. The van der Waals surface area contributed by atoms with Gasteiger partial charge in [0.15, 0.2) is 9.84 Å². The molecule has 0 radical (unpaired) electrons. The van der Waals surface area contributed by atoms with E-state index in [1.807, 2.05) is 0 Å². The number of benzene rings is 1. The van der Waals surface area contributed by atoms with Crippen molar-refractivity contribution < 1.29 is 13.2 Å². The Balaban J connectivity index is 1.51. The van der Waals surface area contributed by atoms with Crippen molar-refractivity contribution in [3.05, 3.63) is 35.4 Å². The SMILES string of the molecule is CC1(CNC(=O)NCC2CS(=O)(=O)C2)CCCc2ccccc21. The molecule has 23 heavy (non-hydrogen) atoms. The van der Waals surface area contributed by atoms with Crippen LogP contribution in [0.3, 0.4) is 0 Å². The van der Waals surface area contributed by atoms with Crippen LogP contribution >= 0.6 is 0 Å². The van der Waals surface area contributed by atoms with Gasteiger partial charge in [0, 0.05) is 24.4 Å². The Morgan fingerprint density at radius 3 is 2.74 bits per heavy atom. The van der Waals surface area contributed by atoms with E-state index in [4.69, 9.17) is 0 Å². The highest BCUT2D eigenvalue weighted by Gasteiger charge is 2.34.